The summed E-state index contributed by atoms with van der Waals surface area (Å²) in [5.74, 6) is 0.731. The lowest BCUT2D eigenvalue weighted by Crippen LogP contribution is -2.45. The van der Waals surface area contributed by atoms with Crippen molar-refractivity contribution in [2.75, 3.05) is 25.0 Å². The number of nitrogens with two attached hydrogens (primary N) is 1. The predicted molar refractivity (Wildman–Crippen MR) is 78.1 cm³/mol. The third kappa shape index (κ3) is 3.26. The van der Waals surface area contributed by atoms with E-state index in [2.05, 4.69) is 6.92 Å². The van der Waals surface area contributed by atoms with E-state index in [4.69, 9.17) is 5.73 Å². The molecule has 0 saturated carbocycles. The Labute approximate surface area is 115 Å². The van der Waals surface area contributed by atoms with Crippen molar-refractivity contribution < 1.29 is 4.79 Å². The van der Waals surface area contributed by atoms with E-state index in [1.807, 2.05) is 36.2 Å². The maximum Gasteiger partial charge on any atom is 0.324 e. The Bertz CT molecular complexity index is 439. The van der Waals surface area contributed by atoms with E-state index in [-0.39, 0.29) is 6.03 Å². The highest BCUT2D eigenvalue weighted by Crippen LogP contribution is 2.20. The summed E-state index contributed by atoms with van der Waals surface area (Å²) >= 11 is 0. The number of rotatable bonds is 2. The fourth-order valence-corrected chi connectivity index (χ4v) is 2.41. The zero-order valence-corrected chi connectivity index (χ0v) is 11.8. The third-order valence-corrected chi connectivity index (χ3v) is 3.87. The molecule has 4 heteroatoms. The summed E-state index contributed by atoms with van der Waals surface area (Å²) in [4.78, 5) is 16.1. The zero-order valence-electron chi connectivity index (χ0n) is 11.8. The Kier molecular flexibility index (Phi) is 4.43. The zero-order chi connectivity index (χ0) is 13.8. The number of amides is 2. The molecule has 2 N–H and O–H groups in total. The van der Waals surface area contributed by atoms with Gasteiger partial charge in [0, 0.05) is 32.4 Å². The first-order valence-electron chi connectivity index (χ1n) is 6.93. The van der Waals surface area contributed by atoms with Crippen molar-refractivity contribution >= 4 is 11.7 Å². The molecule has 1 aromatic rings. The number of carbonyl (C=O) groups excluding carboxylic acids is 1. The first-order valence-corrected chi connectivity index (χ1v) is 6.93. The van der Waals surface area contributed by atoms with Crippen molar-refractivity contribution in [2.24, 2.45) is 11.7 Å². The summed E-state index contributed by atoms with van der Waals surface area (Å²) in [6.45, 7) is 4.47. The summed E-state index contributed by atoms with van der Waals surface area (Å²) in [6.07, 6.45) is 2.20. The van der Waals surface area contributed by atoms with Gasteiger partial charge in [0.25, 0.3) is 0 Å². The highest BCUT2D eigenvalue weighted by molar-refractivity contribution is 5.91. The van der Waals surface area contributed by atoms with Gasteiger partial charge >= 0.3 is 6.03 Å². The summed E-state index contributed by atoms with van der Waals surface area (Å²) in [5.41, 5.74) is 7.59. The fraction of sp³-hybridized carbons (Fsp3) is 0.533. The van der Waals surface area contributed by atoms with Gasteiger partial charge in [-0.2, -0.15) is 0 Å². The van der Waals surface area contributed by atoms with E-state index in [0.717, 1.165) is 43.1 Å². The lowest BCUT2D eigenvalue weighted by atomic mass is 9.99. The van der Waals surface area contributed by atoms with Gasteiger partial charge in [-0.1, -0.05) is 19.1 Å². The van der Waals surface area contributed by atoms with Crippen molar-refractivity contribution in [1.29, 1.82) is 0 Å². The van der Waals surface area contributed by atoms with Gasteiger partial charge in [-0.25, -0.2) is 4.79 Å². The van der Waals surface area contributed by atoms with E-state index >= 15 is 0 Å². The first-order chi connectivity index (χ1) is 9.11. The molecule has 1 saturated heterocycles. The highest BCUT2D eigenvalue weighted by atomic mass is 16.2. The maximum absolute atomic E-state index is 12.4. The second-order valence-corrected chi connectivity index (χ2v) is 5.39. The minimum absolute atomic E-state index is 0.0843. The second kappa shape index (κ2) is 6.06. The number of carbonyl (C=O) groups is 1. The molecule has 2 rings (SSSR count). The van der Waals surface area contributed by atoms with Gasteiger partial charge in [-0.05, 0) is 36.5 Å². The Morgan fingerprint density at radius 3 is 2.74 bits per heavy atom. The Morgan fingerprint density at radius 2 is 2.11 bits per heavy atom. The molecule has 0 aliphatic carbocycles. The Balaban J connectivity index is 2.05. The van der Waals surface area contributed by atoms with Gasteiger partial charge in [-0.15, -0.1) is 0 Å². The van der Waals surface area contributed by atoms with Gasteiger partial charge in [-0.3, -0.25) is 4.90 Å². The summed E-state index contributed by atoms with van der Waals surface area (Å²) < 4.78 is 0. The number of anilines is 1. The summed E-state index contributed by atoms with van der Waals surface area (Å²) in [7, 11) is 1.83. The van der Waals surface area contributed by atoms with Crippen LogP contribution >= 0.6 is 0 Å². The molecule has 1 aliphatic heterocycles. The number of hydrogen-bond donors (Lipinski definition) is 1. The van der Waals surface area contributed by atoms with Crippen LogP contribution in [0.4, 0.5) is 10.5 Å². The van der Waals surface area contributed by atoms with Crippen LogP contribution in [0.25, 0.3) is 0 Å². The van der Waals surface area contributed by atoms with Gasteiger partial charge in [0.1, 0.15) is 0 Å². The van der Waals surface area contributed by atoms with Crippen LogP contribution in [0.2, 0.25) is 0 Å². The van der Waals surface area contributed by atoms with Gasteiger partial charge in [0.15, 0.2) is 0 Å². The molecule has 0 unspecified atom stereocenters. The van der Waals surface area contributed by atoms with Crippen LogP contribution in [-0.2, 0) is 6.54 Å². The molecular weight excluding hydrogens is 238 g/mol. The summed E-state index contributed by atoms with van der Waals surface area (Å²) in [5, 5.41) is 0. The molecule has 19 heavy (non-hydrogen) atoms. The highest BCUT2D eigenvalue weighted by Gasteiger charge is 2.23. The van der Waals surface area contributed by atoms with Crippen molar-refractivity contribution in [2.45, 2.75) is 26.3 Å². The molecule has 1 heterocycles. The van der Waals surface area contributed by atoms with Crippen molar-refractivity contribution in [3.05, 3.63) is 29.8 Å². The molecule has 0 bridgehead atoms. The average molecular weight is 261 g/mol. The molecular formula is C15H23N3O. The lowest BCUT2D eigenvalue weighted by molar-refractivity contribution is 0.181. The molecule has 1 aromatic carbocycles. The SMILES string of the molecule is CC1CCN(C(=O)N(C)c2cccc(CN)c2)CC1. The molecule has 1 fully saturated rings. The fourth-order valence-electron chi connectivity index (χ4n) is 2.41. The minimum atomic E-state index is 0.0843. The molecule has 0 aromatic heterocycles. The maximum atomic E-state index is 12.4. The monoisotopic (exact) mass is 261 g/mol. The Morgan fingerprint density at radius 1 is 1.42 bits per heavy atom. The van der Waals surface area contributed by atoms with Crippen LogP contribution < -0.4 is 10.6 Å². The van der Waals surface area contributed by atoms with Gasteiger partial charge in [0.2, 0.25) is 0 Å². The average Bonchev–Trinajstić information content (AvgIpc) is 2.46. The van der Waals surface area contributed by atoms with E-state index in [9.17, 15) is 4.79 Å². The third-order valence-electron chi connectivity index (χ3n) is 3.87. The van der Waals surface area contributed by atoms with Crippen molar-refractivity contribution in [1.82, 2.24) is 4.90 Å². The quantitative estimate of drug-likeness (QED) is 0.889. The van der Waals surface area contributed by atoms with E-state index in [1.165, 1.54) is 0 Å². The molecule has 2 amide bonds. The van der Waals surface area contributed by atoms with E-state index in [1.54, 1.807) is 4.90 Å². The van der Waals surface area contributed by atoms with E-state index < -0.39 is 0 Å². The molecule has 0 spiro atoms. The number of likely N-dealkylation sites (tertiary alicyclic amines) is 1. The van der Waals surface area contributed by atoms with Crippen LogP contribution in [0.15, 0.2) is 24.3 Å². The van der Waals surface area contributed by atoms with Gasteiger partial charge in [0.05, 0.1) is 0 Å². The van der Waals surface area contributed by atoms with Crippen LogP contribution in [-0.4, -0.2) is 31.1 Å². The molecule has 1 aliphatic rings. The van der Waals surface area contributed by atoms with Crippen molar-refractivity contribution in [3.8, 4) is 0 Å². The predicted octanol–water partition coefficient (Wildman–Crippen LogP) is 2.43. The minimum Gasteiger partial charge on any atom is -0.326 e. The number of urea groups is 1. The number of nitrogens with zero attached hydrogens (tertiary/aromatic N) is 2. The van der Waals surface area contributed by atoms with Crippen LogP contribution in [0.5, 0.6) is 0 Å². The second-order valence-electron chi connectivity index (χ2n) is 5.39. The normalized spacial score (nSPS) is 16.5. The van der Waals surface area contributed by atoms with Gasteiger partial charge < -0.3 is 10.6 Å². The molecule has 4 nitrogen and oxygen atoms in total. The smallest absolute Gasteiger partial charge is 0.324 e. The molecule has 0 radical (unpaired) electrons. The molecule has 104 valence electrons. The number of hydrogen-bond acceptors (Lipinski definition) is 2. The lowest BCUT2D eigenvalue weighted by Gasteiger charge is -2.33. The Hall–Kier alpha value is -1.55. The largest absolute Gasteiger partial charge is 0.326 e. The first kappa shape index (κ1) is 13.9. The standard InChI is InChI=1S/C15H23N3O/c1-12-6-8-18(9-7-12)15(19)17(2)14-5-3-4-13(10-14)11-16/h3-5,10,12H,6-9,11,16H2,1-2H3. The van der Waals surface area contributed by atoms with Crippen LogP contribution in [0.1, 0.15) is 25.3 Å². The molecule has 0 atom stereocenters. The number of piperidine rings is 1. The topological polar surface area (TPSA) is 49.6 Å². The summed E-state index contributed by atoms with van der Waals surface area (Å²) in [6, 6.07) is 7.93. The van der Waals surface area contributed by atoms with Crippen LogP contribution in [0.3, 0.4) is 0 Å². The van der Waals surface area contributed by atoms with Crippen LogP contribution in [0, 0.1) is 5.92 Å². The number of benzene rings is 1. The van der Waals surface area contributed by atoms with E-state index in [0.29, 0.717) is 6.54 Å². The van der Waals surface area contributed by atoms with Crippen molar-refractivity contribution in [3.63, 3.8) is 0 Å².